The van der Waals surface area contributed by atoms with Gasteiger partial charge in [0.25, 0.3) is 11.8 Å². The maximum Gasteiger partial charge on any atom is 0.374 e. The molecule has 0 saturated heterocycles. The first-order valence-electron chi connectivity index (χ1n) is 10.4. The molecule has 3 amide bonds. The topological polar surface area (TPSA) is 154 Å². The fraction of sp³-hybridized carbons (Fsp3) is 0.333. The molecule has 3 rings (SSSR count). The number of carbonyl (C=O) groups is 4. The van der Waals surface area contributed by atoms with Crippen molar-refractivity contribution in [2.24, 2.45) is 21.1 Å². The summed E-state index contributed by atoms with van der Waals surface area (Å²) in [5.74, 6) is -1.27. The van der Waals surface area contributed by atoms with E-state index in [9.17, 15) is 19.2 Å². The van der Waals surface area contributed by atoms with Gasteiger partial charge in [0, 0.05) is 58.9 Å². The molecule has 0 unspecified atom stereocenters. The van der Waals surface area contributed by atoms with Gasteiger partial charge in [0.15, 0.2) is 11.6 Å². The molecule has 180 valence electrons. The van der Waals surface area contributed by atoms with Crippen LogP contribution in [0, 0.1) is 0 Å². The summed E-state index contributed by atoms with van der Waals surface area (Å²) in [6, 6.07) is 1.53. The van der Waals surface area contributed by atoms with Gasteiger partial charge in [0.05, 0.1) is 12.3 Å². The Balaban J connectivity index is 1.50. The third-order valence-electron chi connectivity index (χ3n) is 4.76. The average molecular weight is 470 g/mol. The molecule has 34 heavy (non-hydrogen) atoms. The molecule has 0 aliphatic rings. The van der Waals surface area contributed by atoms with Crippen molar-refractivity contribution in [1.82, 2.24) is 29.0 Å². The van der Waals surface area contributed by atoms with Crippen LogP contribution in [-0.4, -0.2) is 60.5 Å². The van der Waals surface area contributed by atoms with E-state index in [4.69, 9.17) is 4.74 Å². The predicted octanol–water partition coefficient (Wildman–Crippen LogP) is 0.680. The number of nitrogens with zero attached hydrogens (tertiary/aromatic N) is 5. The van der Waals surface area contributed by atoms with E-state index in [0.717, 1.165) is 0 Å². The molecule has 0 spiro atoms. The first kappa shape index (κ1) is 24.2. The Bertz CT molecular complexity index is 1220. The number of aromatic nitrogens is 5. The third kappa shape index (κ3) is 5.68. The Labute approximate surface area is 195 Å². The zero-order valence-corrected chi connectivity index (χ0v) is 19.3. The van der Waals surface area contributed by atoms with Gasteiger partial charge in [-0.2, -0.15) is 0 Å². The van der Waals surface area contributed by atoms with E-state index >= 15 is 0 Å². The minimum atomic E-state index is -0.587. The van der Waals surface area contributed by atoms with Crippen LogP contribution in [0.15, 0.2) is 30.9 Å². The first-order chi connectivity index (χ1) is 16.2. The molecule has 3 aromatic heterocycles. The number of carbonyl (C=O) groups excluding carboxylic acids is 4. The molecule has 0 radical (unpaired) electrons. The number of anilines is 2. The number of rotatable bonds is 9. The van der Waals surface area contributed by atoms with Gasteiger partial charge in [-0.15, -0.1) is 0 Å². The van der Waals surface area contributed by atoms with E-state index in [2.05, 4.69) is 25.9 Å². The van der Waals surface area contributed by atoms with Gasteiger partial charge in [-0.05, 0) is 13.0 Å². The molecule has 0 atom stereocenters. The third-order valence-corrected chi connectivity index (χ3v) is 4.76. The summed E-state index contributed by atoms with van der Waals surface area (Å²) in [5, 5.41) is 7.94. The normalized spacial score (nSPS) is 10.6. The summed E-state index contributed by atoms with van der Waals surface area (Å²) >= 11 is 0. The number of hydrogen-bond donors (Lipinski definition) is 3. The lowest BCUT2D eigenvalue weighted by molar-refractivity contribution is -0.116. The molecule has 0 fully saturated rings. The Kier molecular flexibility index (Phi) is 7.46. The average Bonchev–Trinajstić information content (AvgIpc) is 3.46. The van der Waals surface area contributed by atoms with Crippen LogP contribution in [0.5, 0.6) is 0 Å². The molecule has 0 aromatic carbocycles. The van der Waals surface area contributed by atoms with Crippen LogP contribution in [0.25, 0.3) is 0 Å². The fourth-order valence-electron chi connectivity index (χ4n) is 3.13. The Hall–Kier alpha value is -4.42. The SMILES string of the molecule is CCOC(=O)c1nc(NC(=O)CCNC(=O)c2cc(NC(=O)c3nccn3C)cn2C)cn1C. The second-order valence-electron chi connectivity index (χ2n) is 7.38. The summed E-state index contributed by atoms with van der Waals surface area (Å²) in [6.45, 7) is 1.97. The van der Waals surface area contributed by atoms with Gasteiger partial charge in [0.2, 0.25) is 11.7 Å². The molecule has 0 saturated carbocycles. The Morgan fingerprint density at radius 3 is 2.41 bits per heavy atom. The molecule has 3 N–H and O–H groups in total. The zero-order chi connectivity index (χ0) is 24.8. The number of imidazole rings is 2. The molecule has 0 aliphatic carbocycles. The van der Waals surface area contributed by atoms with E-state index in [1.165, 1.54) is 23.0 Å². The van der Waals surface area contributed by atoms with Crippen molar-refractivity contribution < 1.29 is 23.9 Å². The first-order valence-corrected chi connectivity index (χ1v) is 10.4. The number of nitrogens with one attached hydrogen (secondary N) is 3. The summed E-state index contributed by atoms with van der Waals surface area (Å²) < 4.78 is 9.51. The highest BCUT2D eigenvalue weighted by atomic mass is 16.5. The van der Waals surface area contributed by atoms with Crippen molar-refractivity contribution >= 4 is 35.2 Å². The molecule has 3 heterocycles. The molecule has 13 nitrogen and oxygen atoms in total. The summed E-state index contributed by atoms with van der Waals surface area (Å²) in [6.07, 6.45) is 6.26. The van der Waals surface area contributed by atoms with Crippen LogP contribution in [0.2, 0.25) is 0 Å². The molecule has 0 bridgehead atoms. The molecular formula is C21H26N8O5. The van der Waals surface area contributed by atoms with Gasteiger partial charge < -0.3 is 34.4 Å². The molecule has 0 aliphatic heterocycles. The molecular weight excluding hydrogens is 444 g/mol. The van der Waals surface area contributed by atoms with Gasteiger partial charge in [0.1, 0.15) is 5.69 Å². The standard InChI is InChI=1S/C21H26N8O5/c1-5-34-21(33)18-26-15(12-29(18)4)25-16(30)6-7-23-19(31)14-10-13(11-28(14)3)24-20(32)17-22-8-9-27(17)2/h8-12H,5-7H2,1-4H3,(H,23,31)(H,24,32)(H,25,30). The second kappa shape index (κ2) is 10.5. The molecule has 3 aromatic rings. The van der Waals surface area contributed by atoms with Crippen molar-refractivity contribution in [3.8, 4) is 0 Å². The van der Waals surface area contributed by atoms with Gasteiger partial charge in [-0.3, -0.25) is 14.4 Å². The summed E-state index contributed by atoms with van der Waals surface area (Å²) in [5.41, 5.74) is 0.741. The van der Waals surface area contributed by atoms with Crippen LogP contribution in [0.4, 0.5) is 11.5 Å². The summed E-state index contributed by atoms with van der Waals surface area (Å²) in [7, 11) is 4.98. The fourth-order valence-corrected chi connectivity index (χ4v) is 3.13. The lowest BCUT2D eigenvalue weighted by atomic mass is 10.3. The van der Waals surface area contributed by atoms with Crippen molar-refractivity contribution in [3.05, 3.63) is 48.2 Å². The van der Waals surface area contributed by atoms with Crippen LogP contribution < -0.4 is 16.0 Å². The maximum absolute atomic E-state index is 12.5. The highest BCUT2D eigenvalue weighted by molar-refractivity contribution is 6.03. The smallest absolute Gasteiger partial charge is 0.374 e. The van der Waals surface area contributed by atoms with E-state index in [1.807, 2.05) is 0 Å². The Morgan fingerprint density at radius 1 is 0.971 bits per heavy atom. The Morgan fingerprint density at radius 2 is 1.74 bits per heavy atom. The number of ether oxygens (including phenoxy) is 1. The second-order valence-corrected chi connectivity index (χ2v) is 7.38. The van der Waals surface area contributed by atoms with Crippen molar-refractivity contribution in [1.29, 1.82) is 0 Å². The monoisotopic (exact) mass is 470 g/mol. The number of amides is 3. The minimum Gasteiger partial charge on any atom is -0.460 e. The van der Waals surface area contributed by atoms with Crippen LogP contribution >= 0.6 is 0 Å². The van der Waals surface area contributed by atoms with Crippen molar-refractivity contribution in [2.45, 2.75) is 13.3 Å². The van der Waals surface area contributed by atoms with Gasteiger partial charge in [-0.1, -0.05) is 0 Å². The maximum atomic E-state index is 12.5. The summed E-state index contributed by atoms with van der Waals surface area (Å²) in [4.78, 5) is 56.8. The van der Waals surface area contributed by atoms with Gasteiger partial charge in [-0.25, -0.2) is 14.8 Å². The van der Waals surface area contributed by atoms with Crippen LogP contribution in [0.1, 0.15) is 45.1 Å². The lowest BCUT2D eigenvalue weighted by Crippen LogP contribution is -2.29. The van der Waals surface area contributed by atoms with E-state index in [-0.39, 0.29) is 42.9 Å². The largest absolute Gasteiger partial charge is 0.460 e. The van der Waals surface area contributed by atoms with E-state index < -0.39 is 17.8 Å². The predicted molar refractivity (Wildman–Crippen MR) is 121 cm³/mol. The quantitative estimate of drug-likeness (QED) is 0.389. The van der Waals surface area contributed by atoms with Crippen molar-refractivity contribution in [2.75, 3.05) is 23.8 Å². The van der Waals surface area contributed by atoms with Crippen LogP contribution in [0.3, 0.4) is 0 Å². The van der Waals surface area contributed by atoms with Gasteiger partial charge >= 0.3 is 5.97 Å². The van der Waals surface area contributed by atoms with E-state index in [0.29, 0.717) is 11.4 Å². The molecule has 13 heteroatoms. The number of hydrogen-bond acceptors (Lipinski definition) is 7. The highest BCUT2D eigenvalue weighted by Gasteiger charge is 2.18. The highest BCUT2D eigenvalue weighted by Crippen LogP contribution is 2.14. The lowest BCUT2D eigenvalue weighted by Gasteiger charge is -2.06. The van der Waals surface area contributed by atoms with E-state index in [1.54, 1.807) is 49.6 Å². The van der Waals surface area contributed by atoms with Crippen LogP contribution in [-0.2, 0) is 30.7 Å². The number of aryl methyl sites for hydroxylation is 3. The minimum absolute atomic E-state index is 0.00969. The zero-order valence-electron chi connectivity index (χ0n) is 19.3. The van der Waals surface area contributed by atoms with Crippen molar-refractivity contribution in [3.63, 3.8) is 0 Å². The number of esters is 1.